The van der Waals surface area contributed by atoms with E-state index in [0.29, 0.717) is 12.0 Å². The van der Waals surface area contributed by atoms with Crippen molar-refractivity contribution in [2.45, 2.75) is 51.0 Å². The minimum absolute atomic E-state index is 0.460. The molecular formula is C15H23N. The van der Waals surface area contributed by atoms with Gasteiger partial charge in [-0.25, -0.2) is 0 Å². The highest BCUT2D eigenvalue weighted by atomic mass is 14.6. The summed E-state index contributed by atoms with van der Waals surface area (Å²) in [4.78, 5) is 0. The Labute approximate surface area is 99.0 Å². The molecule has 1 aliphatic rings. The summed E-state index contributed by atoms with van der Waals surface area (Å²) >= 11 is 0. The molecule has 3 atom stereocenters. The van der Waals surface area contributed by atoms with Crippen LogP contribution < -0.4 is 5.73 Å². The highest BCUT2D eigenvalue weighted by Gasteiger charge is 2.21. The van der Waals surface area contributed by atoms with Gasteiger partial charge in [-0.1, -0.05) is 50.1 Å². The van der Waals surface area contributed by atoms with Crippen LogP contribution in [0.15, 0.2) is 30.3 Å². The van der Waals surface area contributed by atoms with Crippen LogP contribution in [0.4, 0.5) is 0 Å². The number of benzene rings is 1. The third-order valence-corrected chi connectivity index (χ3v) is 3.88. The van der Waals surface area contributed by atoms with E-state index in [2.05, 4.69) is 37.3 Å². The molecule has 2 N–H and O–H groups in total. The predicted molar refractivity (Wildman–Crippen MR) is 69.4 cm³/mol. The zero-order valence-electron chi connectivity index (χ0n) is 10.2. The molecule has 2 rings (SSSR count). The summed E-state index contributed by atoms with van der Waals surface area (Å²) in [6.45, 7) is 2.34. The first-order valence-corrected chi connectivity index (χ1v) is 6.56. The van der Waals surface area contributed by atoms with Gasteiger partial charge in [0.05, 0.1) is 0 Å². The van der Waals surface area contributed by atoms with Crippen LogP contribution in [0, 0.1) is 5.92 Å². The predicted octanol–water partition coefficient (Wildman–Crippen LogP) is 3.70. The van der Waals surface area contributed by atoms with Crippen molar-refractivity contribution < 1.29 is 0 Å². The Kier molecular flexibility index (Phi) is 4.00. The molecule has 1 fully saturated rings. The van der Waals surface area contributed by atoms with E-state index in [1.165, 1.54) is 37.7 Å². The second-order valence-corrected chi connectivity index (χ2v) is 5.34. The largest absolute Gasteiger partial charge is 0.328 e. The monoisotopic (exact) mass is 217 g/mol. The van der Waals surface area contributed by atoms with E-state index in [-0.39, 0.29) is 0 Å². The fourth-order valence-corrected chi connectivity index (χ4v) is 2.96. The summed E-state index contributed by atoms with van der Waals surface area (Å²) in [5, 5.41) is 0. The molecule has 88 valence electrons. The van der Waals surface area contributed by atoms with Gasteiger partial charge >= 0.3 is 0 Å². The smallest absolute Gasteiger partial charge is 0.00414 e. The first-order valence-electron chi connectivity index (χ1n) is 6.56. The van der Waals surface area contributed by atoms with Gasteiger partial charge < -0.3 is 5.73 Å². The van der Waals surface area contributed by atoms with E-state index >= 15 is 0 Å². The van der Waals surface area contributed by atoms with Gasteiger partial charge in [-0.3, -0.25) is 0 Å². The Hall–Kier alpha value is -0.820. The van der Waals surface area contributed by atoms with Crippen LogP contribution in [-0.2, 0) is 0 Å². The van der Waals surface area contributed by atoms with Gasteiger partial charge in [-0.05, 0) is 36.7 Å². The van der Waals surface area contributed by atoms with Gasteiger partial charge in [0.1, 0.15) is 0 Å². The molecular weight excluding hydrogens is 194 g/mol. The maximum atomic E-state index is 6.04. The molecule has 16 heavy (non-hydrogen) atoms. The summed E-state index contributed by atoms with van der Waals surface area (Å²) < 4.78 is 0. The van der Waals surface area contributed by atoms with Crippen LogP contribution in [0.5, 0.6) is 0 Å². The quantitative estimate of drug-likeness (QED) is 0.821. The van der Waals surface area contributed by atoms with Crippen LogP contribution in [0.25, 0.3) is 0 Å². The average Bonchev–Trinajstić information content (AvgIpc) is 2.30. The van der Waals surface area contributed by atoms with Crippen molar-refractivity contribution in [3.8, 4) is 0 Å². The van der Waals surface area contributed by atoms with E-state index in [1.807, 2.05) is 0 Å². The Morgan fingerprint density at radius 2 is 2.00 bits per heavy atom. The Balaban J connectivity index is 1.89. The molecule has 1 nitrogen and oxygen atoms in total. The van der Waals surface area contributed by atoms with Gasteiger partial charge in [0.2, 0.25) is 0 Å². The van der Waals surface area contributed by atoms with Crippen molar-refractivity contribution in [2.75, 3.05) is 0 Å². The molecule has 0 amide bonds. The summed E-state index contributed by atoms with van der Waals surface area (Å²) in [5.41, 5.74) is 7.51. The second kappa shape index (κ2) is 5.49. The van der Waals surface area contributed by atoms with Crippen LogP contribution >= 0.6 is 0 Å². The number of hydrogen-bond donors (Lipinski definition) is 1. The van der Waals surface area contributed by atoms with Crippen molar-refractivity contribution in [3.05, 3.63) is 35.9 Å². The average molecular weight is 217 g/mol. The van der Waals surface area contributed by atoms with E-state index in [4.69, 9.17) is 5.73 Å². The van der Waals surface area contributed by atoms with Crippen molar-refractivity contribution >= 4 is 0 Å². The lowest BCUT2D eigenvalue weighted by atomic mass is 9.79. The molecule has 0 radical (unpaired) electrons. The van der Waals surface area contributed by atoms with Crippen molar-refractivity contribution in [1.29, 1.82) is 0 Å². The summed E-state index contributed by atoms with van der Waals surface area (Å²) in [6, 6.07) is 11.3. The Bertz CT molecular complexity index is 306. The molecule has 1 saturated carbocycles. The number of rotatable bonds is 3. The van der Waals surface area contributed by atoms with Gasteiger partial charge in [-0.2, -0.15) is 0 Å². The Morgan fingerprint density at radius 3 is 2.69 bits per heavy atom. The standard InChI is InChI=1S/C15H23N/c1-12(14-7-3-2-4-8-14)10-13-6-5-9-15(16)11-13/h2-4,7-8,12-13,15H,5-6,9-11,16H2,1H3. The first-order chi connectivity index (χ1) is 7.75. The molecule has 1 heteroatoms. The third kappa shape index (κ3) is 3.08. The van der Waals surface area contributed by atoms with Crippen LogP contribution in [-0.4, -0.2) is 6.04 Å². The number of nitrogens with two attached hydrogens (primary N) is 1. The van der Waals surface area contributed by atoms with E-state index in [0.717, 1.165) is 5.92 Å². The minimum Gasteiger partial charge on any atom is -0.328 e. The van der Waals surface area contributed by atoms with Crippen LogP contribution in [0.2, 0.25) is 0 Å². The molecule has 0 heterocycles. The highest BCUT2D eigenvalue weighted by Crippen LogP contribution is 2.32. The van der Waals surface area contributed by atoms with E-state index < -0.39 is 0 Å². The minimum atomic E-state index is 0.460. The first kappa shape index (κ1) is 11.7. The van der Waals surface area contributed by atoms with Gasteiger partial charge in [0, 0.05) is 6.04 Å². The van der Waals surface area contributed by atoms with Crippen molar-refractivity contribution in [2.24, 2.45) is 11.7 Å². The maximum Gasteiger partial charge on any atom is 0.00414 e. The highest BCUT2D eigenvalue weighted by molar-refractivity contribution is 5.18. The summed E-state index contributed by atoms with van der Waals surface area (Å²) in [5.74, 6) is 1.52. The van der Waals surface area contributed by atoms with Gasteiger partial charge in [-0.15, -0.1) is 0 Å². The number of hydrogen-bond acceptors (Lipinski definition) is 1. The molecule has 0 aromatic heterocycles. The molecule has 0 aliphatic heterocycles. The van der Waals surface area contributed by atoms with Crippen molar-refractivity contribution in [3.63, 3.8) is 0 Å². The summed E-state index contributed by atoms with van der Waals surface area (Å²) in [7, 11) is 0. The zero-order chi connectivity index (χ0) is 11.4. The Morgan fingerprint density at radius 1 is 1.25 bits per heavy atom. The maximum absolute atomic E-state index is 6.04. The van der Waals surface area contributed by atoms with Crippen LogP contribution in [0.3, 0.4) is 0 Å². The SMILES string of the molecule is CC(CC1CCCC(N)C1)c1ccccc1. The van der Waals surface area contributed by atoms with E-state index in [1.54, 1.807) is 0 Å². The van der Waals surface area contributed by atoms with E-state index in [9.17, 15) is 0 Å². The fraction of sp³-hybridized carbons (Fsp3) is 0.600. The molecule has 1 aromatic carbocycles. The normalized spacial score (nSPS) is 27.6. The lowest BCUT2D eigenvalue weighted by molar-refractivity contribution is 0.294. The second-order valence-electron chi connectivity index (χ2n) is 5.34. The molecule has 3 unspecified atom stereocenters. The molecule has 1 aromatic rings. The van der Waals surface area contributed by atoms with Gasteiger partial charge in [0.15, 0.2) is 0 Å². The van der Waals surface area contributed by atoms with Gasteiger partial charge in [0.25, 0.3) is 0 Å². The molecule has 0 bridgehead atoms. The molecule has 0 spiro atoms. The lowest BCUT2D eigenvalue weighted by Gasteiger charge is -2.28. The molecule has 0 saturated heterocycles. The fourth-order valence-electron chi connectivity index (χ4n) is 2.96. The van der Waals surface area contributed by atoms with Crippen LogP contribution in [0.1, 0.15) is 50.5 Å². The zero-order valence-corrected chi connectivity index (χ0v) is 10.2. The summed E-state index contributed by atoms with van der Waals surface area (Å²) in [6.07, 6.45) is 6.48. The molecule has 1 aliphatic carbocycles. The topological polar surface area (TPSA) is 26.0 Å². The van der Waals surface area contributed by atoms with Crippen molar-refractivity contribution in [1.82, 2.24) is 0 Å². The third-order valence-electron chi connectivity index (χ3n) is 3.88. The lowest BCUT2D eigenvalue weighted by Crippen LogP contribution is -2.28.